The van der Waals surface area contributed by atoms with E-state index in [1.54, 1.807) is 31.0 Å². The number of thioether (sulfide) groups is 1. The summed E-state index contributed by atoms with van der Waals surface area (Å²) in [5.41, 5.74) is 1.28. The summed E-state index contributed by atoms with van der Waals surface area (Å²) in [6, 6.07) is 8.36. The highest BCUT2D eigenvalue weighted by molar-refractivity contribution is 9.10. The van der Waals surface area contributed by atoms with Crippen LogP contribution in [0.2, 0.25) is 5.02 Å². The molecule has 2 aromatic rings. The Morgan fingerprint density at radius 2 is 2.21 bits per heavy atom. The van der Waals surface area contributed by atoms with Gasteiger partial charge in [0.2, 0.25) is 0 Å². The Morgan fingerprint density at radius 1 is 1.38 bits per heavy atom. The number of methoxy groups -OCH3 is 1. The molecule has 24 heavy (non-hydrogen) atoms. The Hall–Kier alpha value is -1.24. The summed E-state index contributed by atoms with van der Waals surface area (Å²) in [6.07, 6.45) is 0. The predicted molar refractivity (Wildman–Crippen MR) is 100 cm³/mol. The van der Waals surface area contributed by atoms with Gasteiger partial charge in [-0.3, -0.25) is 4.99 Å². The average molecular weight is 431 g/mol. The highest BCUT2D eigenvalue weighted by Crippen LogP contribution is 2.39. The molecule has 0 atom stereocenters. The van der Waals surface area contributed by atoms with Crippen LogP contribution in [0.25, 0.3) is 0 Å². The second-order valence-electron chi connectivity index (χ2n) is 5.01. The van der Waals surface area contributed by atoms with Crippen LogP contribution >= 0.6 is 39.3 Å². The van der Waals surface area contributed by atoms with Crippen LogP contribution in [0.4, 0.5) is 4.39 Å². The van der Waals surface area contributed by atoms with E-state index in [1.807, 2.05) is 12.1 Å². The zero-order valence-corrected chi connectivity index (χ0v) is 16.0. The summed E-state index contributed by atoms with van der Waals surface area (Å²) in [5.74, 6) is 1.65. The molecule has 0 fully saturated rings. The number of rotatable bonds is 5. The Bertz CT molecular complexity index is 780. The SMILES string of the molecule is COc1cc(C2=NCCS2)cc(Br)c1OCc1c(F)cccc1Cl. The van der Waals surface area contributed by atoms with Gasteiger partial charge in [0.1, 0.15) is 12.4 Å². The van der Waals surface area contributed by atoms with E-state index in [0.717, 1.165) is 27.4 Å². The third-order valence-electron chi connectivity index (χ3n) is 3.48. The minimum absolute atomic E-state index is 0.00943. The van der Waals surface area contributed by atoms with Crippen molar-refractivity contribution >= 4 is 44.3 Å². The average Bonchev–Trinajstić information content (AvgIpc) is 3.09. The topological polar surface area (TPSA) is 30.8 Å². The van der Waals surface area contributed by atoms with Crippen molar-refractivity contribution in [3.05, 3.63) is 56.8 Å². The molecule has 0 aliphatic carbocycles. The third kappa shape index (κ3) is 3.71. The lowest BCUT2D eigenvalue weighted by Gasteiger charge is -2.15. The first-order valence-corrected chi connectivity index (χ1v) is 9.36. The van der Waals surface area contributed by atoms with Gasteiger partial charge in [-0.25, -0.2) is 4.39 Å². The van der Waals surface area contributed by atoms with Crippen LogP contribution in [0.5, 0.6) is 11.5 Å². The van der Waals surface area contributed by atoms with Crippen LogP contribution in [0.15, 0.2) is 39.8 Å². The molecule has 1 aliphatic heterocycles. The summed E-state index contributed by atoms with van der Waals surface area (Å²) in [4.78, 5) is 4.46. The normalized spacial score (nSPS) is 13.8. The Labute approximate surface area is 157 Å². The van der Waals surface area contributed by atoms with Gasteiger partial charge in [-0.2, -0.15) is 0 Å². The molecule has 0 unspecified atom stereocenters. The highest BCUT2D eigenvalue weighted by atomic mass is 79.9. The molecular formula is C17H14BrClFNO2S. The molecule has 0 N–H and O–H groups in total. The molecule has 3 rings (SSSR count). The molecule has 0 spiro atoms. The number of halogens is 3. The monoisotopic (exact) mass is 429 g/mol. The molecule has 2 aromatic carbocycles. The van der Waals surface area contributed by atoms with Gasteiger partial charge in [0.25, 0.3) is 0 Å². The lowest BCUT2D eigenvalue weighted by atomic mass is 10.2. The minimum Gasteiger partial charge on any atom is -0.493 e. The first kappa shape index (κ1) is 17.6. The van der Waals surface area contributed by atoms with Gasteiger partial charge in [0, 0.05) is 23.4 Å². The lowest BCUT2D eigenvalue weighted by Crippen LogP contribution is -2.03. The van der Waals surface area contributed by atoms with Gasteiger partial charge in [-0.1, -0.05) is 17.7 Å². The summed E-state index contributed by atoms with van der Waals surface area (Å²) >= 11 is 11.2. The summed E-state index contributed by atoms with van der Waals surface area (Å²) in [6.45, 7) is 0.833. The maximum atomic E-state index is 13.9. The maximum Gasteiger partial charge on any atom is 0.175 e. The Kier molecular flexibility index (Phi) is 5.69. The molecule has 0 bridgehead atoms. The van der Waals surface area contributed by atoms with Crippen molar-refractivity contribution in [2.24, 2.45) is 4.99 Å². The number of nitrogens with zero attached hydrogens (tertiary/aromatic N) is 1. The lowest BCUT2D eigenvalue weighted by molar-refractivity contribution is 0.278. The first-order chi connectivity index (χ1) is 11.6. The summed E-state index contributed by atoms with van der Waals surface area (Å²) in [7, 11) is 1.57. The van der Waals surface area contributed by atoms with Gasteiger partial charge in [0.15, 0.2) is 11.5 Å². The largest absolute Gasteiger partial charge is 0.493 e. The van der Waals surface area contributed by atoms with Gasteiger partial charge in [0.05, 0.1) is 21.6 Å². The number of hydrogen-bond acceptors (Lipinski definition) is 4. The molecule has 126 valence electrons. The Balaban J connectivity index is 1.87. The van der Waals surface area contributed by atoms with Gasteiger partial charge >= 0.3 is 0 Å². The number of hydrogen-bond donors (Lipinski definition) is 0. The highest BCUT2D eigenvalue weighted by Gasteiger charge is 2.18. The molecule has 1 aliphatic rings. The van der Waals surface area contributed by atoms with E-state index in [1.165, 1.54) is 6.07 Å². The Morgan fingerprint density at radius 3 is 2.88 bits per heavy atom. The van der Waals surface area contributed by atoms with Gasteiger partial charge in [-0.05, 0) is 40.2 Å². The molecule has 7 heteroatoms. The zero-order chi connectivity index (χ0) is 17.1. The quantitative estimate of drug-likeness (QED) is 0.643. The third-order valence-corrected chi connectivity index (χ3v) is 5.45. The molecule has 3 nitrogen and oxygen atoms in total. The van der Waals surface area contributed by atoms with Crippen LogP contribution in [-0.2, 0) is 6.61 Å². The standard InChI is InChI=1S/C17H14BrClFNO2S/c1-22-15-8-10(17-21-5-6-24-17)7-12(18)16(15)23-9-11-13(19)3-2-4-14(11)20/h2-4,7-8H,5-6,9H2,1H3. The van der Waals surface area contributed by atoms with Crippen molar-refractivity contribution in [3.8, 4) is 11.5 Å². The molecule has 0 saturated carbocycles. The van der Waals surface area contributed by atoms with Crippen LogP contribution in [0.3, 0.4) is 0 Å². The van der Waals surface area contributed by atoms with Crippen molar-refractivity contribution in [1.82, 2.24) is 0 Å². The molecule has 0 radical (unpaired) electrons. The van der Waals surface area contributed by atoms with E-state index in [2.05, 4.69) is 20.9 Å². The second kappa shape index (κ2) is 7.76. The van der Waals surface area contributed by atoms with E-state index in [9.17, 15) is 4.39 Å². The van der Waals surface area contributed by atoms with E-state index in [-0.39, 0.29) is 6.61 Å². The van der Waals surface area contributed by atoms with E-state index >= 15 is 0 Å². The molecule has 0 saturated heterocycles. The van der Waals surface area contributed by atoms with Crippen molar-refractivity contribution in [2.45, 2.75) is 6.61 Å². The van der Waals surface area contributed by atoms with Crippen LogP contribution in [0.1, 0.15) is 11.1 Å². The van der Waals surface area contributed by atoms with Crippen molar-refractivity contribution in [1.29, 1.82) is 0 Å². The van der Waals surface area contributed by atoms with Crippen LogP contribution in [-0.4, -0.2) is 24.5 Å². The minimum atomic E-state index is -0.397. The zero-order valence-electron chi connectivity index (χ0n) is 12.8. The predicted octanol–water partition coefficient (Wildman–Crippen LogP) is 5.32. The first-order valence-electron chi connectivity index (χ1n) is 7.21. The van der Waals surface area contributed by atoms with Crippen molar-refractivity contribution in [2.75, 3.05) is 19.4 Å². The second-order valence-corrected chi connectivity index (χ2v) is 7.36. The smallest absolute Gasteiger partial charge is 0.175 e. The van der Waals surface area contributed by atoms with E-state index < -0.39 is 5.82 Å². The summed E-state index contributed by atoms with van der Waals surface area (Å²) < 4.78 is 25.8. The molecule has 1 heterocycles. The number of aliphatic imine (C=N–C) groups is 1. The van der Waals surface area contributed by atoms with Crippen molar-refractivity contribution in [3.63, 3.8) is 0 Å². The number of benzene rings is 2. The summed E-state index contributed by atoms with van der Waals surface area (Å²) in [5, 5.41) is 1.32. The van der Waals surface area contributed by atoms with Crippen LogP contribution in [0, 0.1) is 5.82 Å². The van der Waals surface area contributed by atoms with Gasteiger partial charge < -0.3 is 9.47 Å². The van der Waals surface area contributed by atoms with Gasteiger partial charge in [-0.15, -0.1) is 11.8 Å². The van der Waals surface area contributed by atoms with Crippen LogP contribution < -0.4 is 9.47 Å². The fourth-order valence-corrected chi connectivity index (χ4v) is 3.92. The fourth-order valence-electron chi connectivity index (χ4n) is 2.31. The van der Waals surface area contributed by atoms with E-state index in [4.69, 9.17) is 21.1 Å². The van der Waals surface area contributed by atoms with Crippen molar-refractivity contribution < 1.29 is 13.9 Å². The fraction of sp³-hybridized carbons (Fsp3) is 0.235. The van der Waals surface area contributed by atoms with E-state index in [0.29, 0.717) is 22.1 Å². The number of ether oxygens (including phenoxy) is 2. The maximum absolute atomic E-state index is 13.9. The molecular weight excluding hydrogens is 417 g/mol. The molecule has 0 aromatic heterocycles. The molecule has 0 amide bonds.